The smallest absolute Gasteiger partial charge is 0.246 e. The Labute approximate surface area is 228 Å². The van der Waals surface area contributed by atoms with Gasteiger partial charge in [0.1, 0.15) is 18.7 Å². The van der Waals surface area contributed by atoms with Crippen molar-refractivity contribution in [1.29, 1.82) is 0 Å². The number of carbonyl (C=O) groups excluding carboxylic acids is 1. The van der Waals surface area contributed by atoms with Gasteiger partial charge in [-0.2, -0.15) is 5.10 Å². The number of anilines is 3. The average Bonchev–Trinajstić information content (AvgIpc) is 3.36. The molecule has 2 heterocycles. The van der Waals surface area contributed by atoms with Crippen LogP contribution in [0.3, 0.4) is 0 Å². The molecule has 0 aliphatic heterocycles. The summed E-state index contributed by atoms with van der Waals surface area (Å²) in [7, 11) is 0. The summed E-state index contributed by atoms with van der Waals surface area (Å²) in [5, 5.41) is 19.0. The molecule has 0 spiro atoms. The number of nitrogens with one attached hydrogen (secondary N) is 2. The number of aliphatic hydroxyl groups excluding tert-OH is 1. The molecule has 0 saturated heterocycles. The van der Waals surface area contributed by atoms with Gasteiger partial charge in [0.05, 0.1) is 36.3 Å². The van der Waals surface area contributed by atoms with Gasteiger partial charge in [-0.1, -0.05) is 13.0 Å². The van der Waals surface area contributed by atoms with Crippen LogP contribution in [0.2, 0.25) is 0 Å². The number of hydrogen-bond acceptors (Lipinski definition) is 8. The van der Waals surface area contributed by atoms with E-state index < -0.39 is 23.4 Å². The minimum absolute atomic E-state index is 0.0786. The molecular formula is C27H30F3N7O3. The number of nitrogens with zero attached hydrogens (tertiary/aromatic N) is 5. The molecule has 0 fully saturated rings. The molecule has 13 heteroatoms. The quantitative estimate of drug-likeness (QED) is 0.199. The minimum Gasteiger partial charge on any atom is -0.490 e. The maximum atomic E-state index is 14.9. The van der Waals surface area contributed by atoms with E-state index in [0.717, 1.165) is 25.6 Å². The van der Waals surface area contributed by atoms with Crippen molar-refractivity contribution in [2.45, 2.75) is 26.3 Å². The topological polar surface area (TPSA) is 117 Å². The number of ether oxygens (including phenoxy) is 1. The highest BCUT2D eigenvalue weighted by atomic mass is 19.2. The molecule has 0 bridgehead atoms. The normalized spacial score (nSPS) is 11.2. The molecule has 2 aromatic carbocycles. The maximum Gasteiger partial charge on any atom is 0.246 e. The molecule has 0 saturated carbocycles. The van der Waals surface area contributed by atoms with Crippen LogP contribution in [0.5, 0.6) is 5.75 Å². The highest BCUT2D eigenvalue weighted by molar-refractivity contribution is 5.92. The lowest BCUT2D eigenvalue weighted by Gasteiger charge is -2.20. The van der Waals surface area contributed by atoms with Gasteiger partial charge in [-0.3, -0.25) is 9.48 Å². The predicted molar refractivity (Wildman–Crippen MR) is 144 cm³/mol. The molecule has 40 heavy (non-hydrogen) atoms. The van der Waals surface area contributed by atoms with Crippen LogP contribution in [0.25, 0.3) is 10.9 Å². The summed E-state index contributed by atoms with van der Waals surface area (Å²) in [6.07, 6.45) is 5.94. The molecule has 212 valence electrons. The summed E-state index contributed by atoms with van der Waals surface area (Å²) in [5.41, 5.74) is 0.657. The Bertz CT molecular complexity index is 1440. The Morgan fingerprint density at radius 1 is 1.12 bits per heavy atom. The van der Waals surface area contributed by atoms with Crippen LogP contribution < -0.4 is 15.4 Å². The molecule has 4 rings (SSSR count). The van der Waals surface area contributed by atoms with Gasteiger partial charge in [0.25, 0.3) is 0 Å². The zero-order chi connectivity index (χ0) is 28.5. The van der Waals surface area contributed by atoms with Gasteiger partial charge in [0, 0.05) is 30.7 Å². The summed E-state index contributed by atoms with van der Waals surface area (Å²) in [4.78, 5) is 22.8. The highest BCUT2D eigenvalue weighted by Gasteiger charge is 2.14. The first-order chi connectivity index (χ1) is 19.4. The average molecular weight is 558 g/mol. The zero-order valence-electron chi connectivity index (χ0n) is 21.9. The third kappa shape index (κ3) is 7.45. The number of carbonyl (C=O) groups is 1. The maximum absolute atomic E-state index is 14.9. The monoisotopic (exact) mass is 557 g/mol. The van der Waals surface area contributed by atoms with E-state index in [-0.39, 0.29) is 24.6 Å². The van der Waals surface area contributed by atoms with Gasteiger partial charge in [-0.05, 0) is 37.6 Å². The van der Waals surface area contributed by atoms with Gasteiger partial charge in [0.15, 0.2) is 23.2 Å². The first-order valence-electron chi connectivity index (χ1n) is 12.8. The van der Waals surface area contributed by atoms with Crippen LogP contribution >= 0.6 is 0 Å². The summed E-state index contributed by atoms with van der Waals surface area (Å²) in [6, 6.07) is 6.29. The summed E-state index contributed by atoms with van der Waals surface area (Å²) in [6.45, 7) is 4.41. The third-order valence-electron chi connectivity index (χ3n) is 5.95. The SMILES string of the molecule is CCCN(CCO)CCCOc1cc2ncnc(Nc3cnn(CC(=O)Nc4cccc(F)c4F)c3)c2cc1F. The Hall–Kier alpha value is -4.23. The van der Waals surface area contributed by atoms with E-state index >= 15 is 0 Å². The number of fused-ring (bicyclic) bond motifs is 1. The number of benzene rings is 2. The Balaban J connectivity index is 1.37. The van der Waals surface area contributed by atoms with Gasteiger partial charge < -0.3 is 25.4 Å². The predicted octanol–water partition coefficient (Wildman–Crippen LogP) is 4.10. The van der Waals surface area contributed by atoms with Crippen LogP contribution in [-0.2, 0) is 11.3 Å². The number of rotatable bonds is 14. The standard InChI is InChI=1S/C27H30F3N7O3/c1-2-7-36(9-10-38)8-4-11-40-24-13-23-19(12-21(24)29)27(32-17-31-23)34-18-14-33-37(15-18)16-25(39)35-22-6-3-5-20(28)26(22)30/h3,5-6,12-15,17,38H,2,4,7-11,16H2,1H3,(H,35,39)(H,31,32,34). The molecule has 1 amide bonds. The van der Waals surface area contributed by atoms with Gasteiger partial charge in [-0.15, -0.1) is 0 Å². The molecule has 0 radical (unpaired) electrons. The molecule has 0 aliphatic rings. The van der Waals surface area contributed by atoms with Crippen molar-refractivity contribution in [3.8, 4) is 5.75 Å². The number of aromatic nitrogens is 4. The van der Waals surface area contributed by atoms with Crippen LogP contribution in [0, 0.1) is 17.5 Å². The van der Waals surface area contributed by atoms with Crippen LogP contribution in [0.4, 0.5) is 30.4 Å². The molecule has 0 atom stereocenters. The molecule has 10 nitrogen and oxygen atoms in total. The number of hydrogen-bond donors (Lipinski definition) is 3. The summed E-state index contributed by atoms with van der Waals surface area (Å²) >= 11 is 0. The van der Waals surface area contributed by atoms with Crippen LogP contribution in [0.1, 0.15) is 19.8 Å². The molecule has 0 unspecified atom stereocenters. The van der Waals surface area contributed by atoms with Crippen molar-refractivity contribution < 1.29 is 27.8 Å². The van der Waals surface area contributed by atoms with E-state index in [1.54, 1.807) is 0 Å². The van der Waals surface area contributed by atoms with Crippen LogP contribution in [0.15, 0.2) is 49.1 Å². The van der Waals surface area contributed by atoms with Gasteiger partial charge >= 0.3 is 0 Å². The molecule has 3 N–H and O–H groups in total. The van der Waals surface area contributed by atoms with Gasteiger partial charge in [0.2, 0.25) is 5.91 Å². The fourth-order valence-corrected chi connectivity index (χ4v) is 4.12. The molecular weight excluding hydrogens is 527 g/mol. The Morgan fingerprint density at radius 2 is 1.98 bits per heavy atom. The van der Waals surface area contributed by atoms with Crippen molar-refractivity contribution in [3.05, 3.63) is 66.5 Å². The lowest BCUT2D eigenvalue weighted by molar-refractivity contribution is -0.116. The second-order valence-corrected chi connectivity index (χ2v) is 8.99. The third-order valence-corrected chi connectivity index (χ3v) is 5.95. The van der Waals surface area contributed by atoms with Gasteiger partial charge in [-0.25, -0.2) is 23.1 Å². The van der Waals surface area contributed by atoms with Crippen molar-refractivity contribution in [2.75, 3.05) is 43.5 Å². The first-order valence-corrected chi connectivity index (χ1v) is 12.8. The Kier molecular flexibility index (Phi) is 9.86. The fourth-order valence-electron chi connectivity index (χ4n) is 4.12. The van der Waals surface area contributed by atoms with E-state index in [9.17, 15) is 18.0 Å². The van der Waals surface area contributed by atoms with Crippen molar-refractivity contribution in [3.63, 3.8) is 0 Å². The highest BCUT2D eigenvalue weighted by Crippen LogP contribution is 2.29. The molecule has 4 aromatic rings. The largest absolute Gasteiger partial charge is 0.490 e. The van der Waals surface area contributed by atoms with E-state index in [4.69, 9.17) is 9.84 Å². The summed E-state index contributed by atoms with van der Waals surface area (Å²) in [5.74, 6) is -2.98. The minimum atomic E-state index is -1.15. The molecule has 0 aliphatic carbocycles. The van der Waals surface area contributed by atoms with Crippen LogP contribution in [-0.4, -0.2) is 68.5 Å². The fraction of sp³-hybridized carbons (Fsp3) is 0.333. The number of aliphatic hydroxyl groups is 1. The second-order valence-electron chi connectivity index (χ2n) is 8.99. The van der Waals surface area contributed by atoms with E-state index in [1.165, 1.54) is 47.7 Å². The van der Waals surface area contributed by atoms with E-state index in [1.807, 2.05) is 0 Å². The molecule has 2 aromatic heterocycles. The van der Waals surface area contributed by atoms with E-state index in [2.05, 4.69) is 37.5 Å². The first kappa shape index (κ1) is 28.8. The van der Waals surface area contributed by atoms with E-state index in [0.29, 0.717) is 42.0 Å². The lowest BCUT2D eigenvalue weighted by Crippen LogP contribution is -2.29. The van der Waals surface area contributed by atoms with Crippen molar-refractivity contribution >= 4 is 34.0 Å². The lowest BCUT2D eigenvalue weighted by atomic mass is 10.2. The van der Waals surface area contributed by atoms with Crippen molar-refractivity contribution in [1.82, 2.24) is 24.6 Å². The second kappa shape index (κ2) is 13.7. The Morgan fingerprint density at radius 3 is 2.77 bits per heavy atom. The summed E-state index contributed by atoms with van der Waals surface area (Å²) < 4.78 is 49.0. The number of halogens is 3. The number of amides is 1. The van der Waals surface area contributed by atoms with Crippen molar-refractivity contribution in [2.24, 2.45) is 0 Å². The zero-order valence-corrected chi connectivity index (χ0v) is 21.9.